The van der Waals surface area contributed by atoms with Gasteiger partial charge in [0.15, 0.2) is 0 Å². The highest BCUT2D eigenvalue weighted by Crippen LogP contribution is 2.44. The second kappa shape index (κ2) is 11.8. The van der Waals surface area contributed by atoms with Gasteiger partial charge in [-0.25, -0.2) is 23.4 Å². The van der Waals surface area contributed by atoms with Gasteiger partial charge < -0.3 is 15.2 Å². The van der Waals surface area contributed by atoms with Gasteiger partial charge in [0.1, 0.15) is 0 Å². The van der Waals surface area contributed by atoms with Crippen molar-refractivity contribution in [3.05, 3.63) is 40.5 Å². The number of anilines is 2. The number of nitrogens with zero attached hydrogens (tertiary/aromatic N) is 3. The maximum Gasteiger partial charge on any atom is 0.232 e. The van der Waals surface area contributed by atoms with Crippen molar-refractivity contribution in [1.29, 1.82) is 0 Å². The maximum atomic E-state index is 12.4. The quantitative estimate of drug-likeness (QED) is 0.329. The van der Waals surface area contributed by atoms with Gasteiger partial charge in [-0.2, -0.15) is 0 Å². The molecule has 0 spiro atoms. The molecular weight excluding hydrogens is 522 g/mol. The Morgan fingerprint density at radius 2 is 2.03 bits per heavy atom. The Bertz CT molecular complexity index is 1290. The first-order valence-electron chi connectivity index (χ1n) is 11.9. The van der Waals surface area contributed by atoms with E-state index < -0.39 is 16.1 Å². The van der Waals surface area contributed by atoms with Crippen molar-refractivity contribution >= 4 is 44.6 Å². The fourth-order valence-corrected chi connectivity index (χ4v) is 6.58. The largest absolute Gasteiger partial charge is 0.392 e. The third-order valence-corrected chi connectivity index (χ3v) is 8.77. The highest BCUT2D eigenvalue weighted by Gasteiger charge is 2.26. The van der Waals surface area contributed by atoms with Gasteiger partial charge in [-0.15, -0.1) is 11.3 Å². The molecule has 1 aliphatic rings. The predicted octanol–water partition coefficient (Wildman–Crippen LogP) is 4.76. The molecule has 36 heavy (non-hydrogen) atoms. The Morgan fingerprint density at radius 1 is 1.25 bits per heavy atom. The number of halogens is 1. The summed E-state index contributed by atoms with van der Waals surface area (Å²) in [5.41, 5.74) is 2.24. The van der Waals surface area contributed by atoms with Crippen LogP contribution in [-0.2, 0) is 14.8 Å². The number of aliphatic hydroxyl groups excluding tert-OH is 1. The minimum Gasteiger partial charge on any atom is -0.392 e. The monoisotopic (exact) mass is 551 g/mol. The van der Waals surface area contributed by atoms with E-state index in [9.17, 15) is 13.5 Å². The lowest BCUT2D eigenvalue weighted by Crippen LogP contribution is -2.16. The molecule has 12 heteroatoms. The smallest absolute Gasteiger partial charge is 0.232 e. The average molecular weight is 552 g/mol. The lowest BCUT2D eigenvalue weighted by atomic mass is 10.0. The predicted molar refractivity (Wildman–Crippen MR) is 144 cm³/mol. The SMILES string of the molecule is CCCS(=O)(=O)Nc1cccc(-c2nc(C3CCOCC3)sc2-c2ccnc(NC[C@@H](C)O)n2)c1Cl. The first-order valence-corrected chi connectivity index (χ1v) is 14.7. The second-order valence-corrected chi connectivity index (χ2v) is 12.0. The zero-order valence-corrected chi connectivity index (χ0v) is 22.6. The molecule has 0 aliphatic carbocycles. The number of nitrogens with one attached hydrogen (secondary N) is 2. The Hall–Kier alpha value is -2.31. The van der Waals surface area contributed by atoms with Crippen LogP contribution in [0.15, 0.2) is 30.5 Å². The summed E-state index contributed by atoms with van der Waals surface area (Å²) in [5.74, 6) is 0.663. The van der Waals surface area contributed by atoms with Crippen molar-refractivity contribution < 1.29 is 18.3 Å². The molecule has 0 bridgehead atoms. The molecule has 9 nitrogen and oxygen atoms in total. The van der Waals surface area contributed by atoms with Crippen molar-refractivity contribution in [2.75, 3.05) is 35.6 Å². The molecular formula is C24H30ClN5O4S2. The van der Waals surface area contributed by atoms with E-state index in [1.807, 2.05) is 13.0 Å². The van der Waals surface area contributed by atoms with Crippen molar-refractivity contribution in [2.45, 2.75) is 45.1 Å². The normalized spacial score (nSPS) is 15.6. The number of thiazole rings is 1. The van der Waals surface area contributed by atoms with Gasteiger partial charge in [-0.1, -0.05) is 30.7 Å². The molecule has 3 aromatic rings. The number of sulfonamides is 1. The van der Waals surface area contributed by atoms with Gasteiger partial charge in [0.05, 0.1) is 43.8 Å². The van der Waals surface area contributed by atoms with E-state index in [1.165, 1.54) is 0 Å². The molecule has 3 heterocycles. The van der Waals surface area contributed by atoms with E-state index in [0.29, 0.717) is 54.8 Å². The lowest BCUT2D eigenvalue weighted by molar-refractivity contribution is 0.0853. The Balaban J connectivity index is 1.78. The highest BCUT2D eigenvalue weighted by atomic mass is 35.5. The van der Waals surface area contributed by atoms with Crippen LogP contribution in [0, 0.1) is 0 Å². The number of ether oxygens (including phenoxy) is 1. The maximum absolute atomic E-state index is 12.4. The summed E-state index contributed by atoms with van der Waals surface area (Å²) in [4.78, 5) is 14.7. The molecule has 0 amide bonds. The first-order chi connectivity index (χ1) is 17.3. The zero-order valence-electron chi connectivity index (χ0n) is 20.2. The number of rotatable bonds is 10. The van der Waals surface area contributed by atoms with Crippen LogP contribution in [0.3, 0.4) is 0 Å². The first kappa shape index (κ1) is 26.7. The molecule has 3 N–H and O–H groups in total. The lowest BCUT2D eigenvalue weighted by Gasteiger charge is -2.19. The molecule has 0 radical (unpaired) electrons. The molecule has 0 unspecified atom stereocenters. The molecule has 1 aliphatic heterocycles. The minimum absolute atomic E-state index is 0.00652. The number of aromatic nitrogens is 3. The summed E-state index contributed by atoms with van der Waals surface area (Å²) in [6, 6.07) is 7.05. The molecule has 1 saturated heterocycles. The van der Waals surface area contributed by atoms with Crippen molar-refractivity contribution in [3.8, 4) is 21.8 Å². The van der Waals surface area contributed by atoms with Crippen LogP contribution in [0.4, 0.5) is 11.6 Å². The number of benzene rings is 1. The van der Waals surface area contributed by atoms with Crippen LogP contribution in [0.25, 0.3) is 21.8 Å². The zero-order chi connectivity index (χ0) is 25.7. The van der Waals surface area contributed by atoms with E-state index in [-0.39, 0.29) is 16.7 Å². The van der Waals surface area contributed by atoms with Gasteiger partial charge in [0, 0.05) is 37.4 Å². The molecule has 1 fully saturated rings. The van der Waals surface area contributed by atoms with Gasteiger partial charge in [0.2, 0.25) is 16.0 Å². The van der Waals surface area contributed by atoms with Crippen LogP contribution in [-0.4, -0.2) is 60.1 Å². The Labute approximate surface area is 220 Å². The number of aliphatic hydroxyl groups is 1. The highest BCUT2D eigenvalue weighted by molar-refractivity contribution is 7.92. The van der Waals surface area contributed by atoms with Crippen LogP contribution >= 0.6 is 22.9 Å². The fraction of sp³-hybridized carbons (Fsp3) is 0.458. The van der Waals surface area contributed by atoms with Gasteiger partial charge in [-0.3, -0.25) is 4.72 Å². The van der Waals surface area contributed by atoms with E-state index in [4.69, 9.17) is 21.3 Å². The van der Waals surface area contributed by atoms with Crippen LogP contribution in [0.2, 0.25) is 5.02 Å². The van der Waals surface area contributed by atoms with Crippen molar-refractivity contribution in [1.82, 2.24) is 15.0 Å². The van der Waals surface area contributed by atoms with E-state index in [0.717, 1.165) is 22.7 Å². The summed E-state index contributed by atoms with van der Waals surface area (Å²) < 4.78 is 33.0. The Morgan fingerprint density at radius 3 is 2.75 bits per heavy atom. The fourth-order valence-electron chi connectivity index (χ4n) is 3.90. The molecule has 0 saturated carbocycles. The third kappa shape index (κ3) is 6.51. The summed E-state index contributed by atoms with van der Waals surface area (Å²) >= 11 is 8.32. The van der Waals surface area contributed by atoms with Crippen molar-refractivity contribution in [2.24, 2.45) is 0 Å². The molecule has 1 atom stereocenters. The average Bonchev–Trinajstić information content (AvgIpc) is 3.30. The van der Waals surface area contributed by atoms with Crippen LogP contribution < -0.4 is 10.0 Å². The molecule has 2 aromatic heterocycles. The molecule has 4 rings (SSSR count). The summed E-state index contributed by atoms with van der Waals surface area (Å²) in [6.45, 7) is 5.18. The summed E-state index contributed by atoms with van der Waals surface area (Å²) in [6.07, 6.45) is 3.36. The van der Waals surface area contributed by atoms with Gasteiger partial charge in [0.25, 0.3) is 0 Å². The molecule has 194 valence electrons. The topological polar surface area (TPSA) is 126 Å². The van der Waals surface area contributed by atoms with E-state index in [2.05, 4.69) is 20.0 Å². The number of hydrogen-bond acceptors (Lipinski definition) is 9. The standard InChI is InChI=1S/C24H30ClN5O4S2/c1-3-13-36(32,33)30-18-6-4-5-17(20(18)25)21-22(35-23(29-21)16-8-11-34-12-9-16)19-7-10-26-24(28-19)27-14-15(2)31/h4-7,10,15-16,30-31H,3,8-9,11-14H2,1-2H3,(H,26,27,28)/t15-/m1/s1. The van der Waals surface area contributed by atoms with Gasteiger partial charge >= 0.3 is 0 Å². The third-order valence-electron chi connectivity index (χ3n) is 5.65. The summed E-state index contributed by atoms with van der Waals surface area (Å²) in [5, 5.41) is 13.9. The van der Waals surface area contributed by atoms with E-state index in [1.54, 1.807) is 42.7 Å². The second-order valence-electron chi connectivity index (χ2n) is 8.70. The van der Waals surface area contributed by atoms with E-state index >= 15 is 0 Å². The minimum atomic E-state index is -3.51. The van der Waals surface area contributed by atoms with Crippen LogP contribution in [0.1, 0.15) is 44.0 Å². The Kier molecular flexibility index (Phi) is 8.78. The molecule has 1 aromatic carbocycles. The van der Waals surface area contributed by atoms with Gasteiger partial charge in [-0.05, 0) is 38.3 Å². The summed E-state index contributed by atoms with van der Waals surface area (Å²) in [7, 11) is -3.51. The van der Waals surface area contributed by atoms with Crippen molar-refractivity contribution in [3.63, 3.8) is 0 Å². The van der Waals surface area contributed by atoms with Crippen LogP contribution in [0.5, 0.6) is 0 Å². The number of hydrogen-bond donors (Lipinski definition) is 3.